The summed E-state index contributed by atoms with van der Waals surface area (Å²) in [7, 11) is 1.68. The predicted octanol–water partition coefficient (Wildman–Crippen LogP) is 6.22. The molecular weight excluding hydrogens is 390 g/mol. The summed E-state index contributed by atoms with van der Waals surface area (Å²) in [6, 6.07) is 14.2. The Kier molecular flexibility index (Phi) is 5.56. The van der Waals surface area contributed by atoms with Crippen LogP contribution in [0.5, 0.6) is 5.75 Å². The summed E-state index contributed by atoms with van der Waals surface area (Å²) in [5, 5.41) is 3.83. The van der Waals surface area contributed by atoms with Crippen molar-refractivity contribution in [3.05, 3.63) is 42.5 Å². The maximum Gasteiger partial charge on any atom is 0.411 e. The van der Waals surface area contributed by atoms with Gasteiger partial charge < -0.3 is 19.8 Å². The lowest BCUT2D eigenvalue weighted by atomic mass is 9.92. The zero-order chi connectivity index (χ0) is 22.2. The van der Waals surface area contributed by atoms with E-state index in [9.17, 15) is 4.79 Å². The highest BCUT2D eigenvalue weighted by atomic mass is 16.5. The van der Waals surface area contributed by atoms with Crippen molar-refractivity contribution in [1.82, 2.24) is 4.57 Å². The number of methoxy groups -OCH3 is 1. The minimum absolute atomic E-state index is 0.0731. The van der Waals surface area contributed by atoms with Gasteiger partial charge in [-0.3, -0.25) is 5.32 Å². The van der Waals surface area contributed by atoms with E-state index in [1.54, 1.807) is 7.11 Å². The van der Waals surface area contributed by atoms with Crippen molar-refractivity contribution in [3.63, 3.8) is 0 Å². The first-order chi connectivity index (χ1) is 14.8. The molecule has 0 aliphatic heterocycles. The van der Waals surface area contributed by atoms with E-state index in [-0.39, 0.29) is 5.41 Å². The number of carbonyl (C=O) groups is 1. The average molecular weight is 422 g/mol. The Morgan fingerprint density at radius 3 is 2.45 bits per heavy atom. The number of rotatable bonds is 5. The van der Waals surface area contributed by atoms with E-state index in [0.29, 0.717) is 18.3 Å². The first kappa shape index (κ1) is 21.1. The molecule has 3 N–H and O–H groups in total. The van der Waals surface area contributed by atoms with Crippen molar-refractivity contribution in [3.8, 4) is 17.0 Å². The highest BCUT2D eigenvalue weighted by molar-refractivity contribution is 6.01. The van der Waals surface area contributed by atoms with Gasteiger partial charge >= 0.3 is 6.09 Å². The monoisotopic (exact) mass is 421 g/mol. The van der Waals surface area contributed by atoms with E-state index in [2.05, 4.69) is 16.0 Å². The average Bonchev–Trinajstić information content (AvgIpc) is 2.97. The topological polar surface area (TPSA) is 78.5 Å². The third kappa shape index (κ3) is 4.33. The van der Waals surface area contributed by atoms with Gasteiger partial charge in [0.05, 0.1) is 30.6 Å². The molecule has 164 valence electrons. The van der Waals surface area contributed by atoms with Crippen molar-refractivity contribution in [2.24, 2.45) is 5.41 Å². The van der Waals surface area contributed by atoms with Crippen LogP contribution >= 0.6 is 0 Å². The van der Waals surface area contributed by atoms with Gasteiger partial charge in [0, 0.05) is 28.7 Å². The van der Waals surface area contributed by atoms with Gasteiger partial charge in [0.1, 0.15) is 5.75 Å². The molecule has 4 rings (SSSR count). The van der Waals surface area contributed by atoms with Crippen LogP contribution in [-0.2, 0) is 4.74 Å². The molecule has 0 spiro atoms. The Morgan fingerprint density at radius 2 is 1.87 bits per heavy atom. The van der Waals surface area contributed by atoms with Crippen LogP contribution in [0, 0.1) is 5.41 Å². The van der Waals surface area contributed by atoms with Gasteiger partial charge in [-0.2, -0.15) is 0 Å². The van der Waals surface area contributed by atoms with Gasteiger partial charge in [0.2, 0.25) is 0 Å². The second-order valence-electron chi connectivity index (χ2n) is 9.44. The normalized spacial score (nSPS) is 14.3. The Morgan fingerprint density at radius 1 is 1.16 bits per heavy atom. The van der Waals surface area contributed by atoms with Gasteiger partial charge in [-0.15, -0.1) is 0 Å². The minimum atomic E-state index is -0.446. The van der Waals surface area contributed by atoms with Crippen molar-refractivity contribution < 1.29 is 14.3 Å². The second kappa shape index (κ2) is 8.17. The van der Waals surface area contributed by atoms with Crippen LogP contribution < -0.4 is 15.8 Å². The molecule has 1 amide bonds. The van der Waals surface area contributed by atoms with Crippen LogP contribution in [0.1, 0.15) is 46.1 Å². The molecule has 0 bridgehead atoms. The molecule has 0 unspecified atom stereocenters. The van der Waals surface area contributed by atoms with Crippen LogP contribution in [0.25, 0.3) is 22.2 Å². The lowest BCUT2D eigenvalue weighted by Crippen LogP contribution is -2.21. The number of ether oxygens (including phenoxy) is 2. The molecule has 0 atom stereocenters. The van der Waals surface area contributed by atoms with Crippen LogP contribution in [0.4, 0.5) is 16.2 Å². The van der Waals surface area contributed by atoms with Gasteiger partial charge in [0.25, 0.3) is 0 Å². The Bertz CT molecular complexity index is 1090. The summed E-state index contributed by atoms with van der Waals surface area (Å²) >= 11 is 0. The number of nitrogens with zero attached hydrogens (tertiary/aromatic N) is 1. The number of amides is 1. The maximum atomic E-state index is 12.1. The van der Waals surface area contributed by atoms with Gasteiger partial charge in [-0.05, 0) is 48.9 Å². The van der Waals surface area contributed by atoms with Crippen molar-refractivity contribution in [1.29, 1.82) is 0 Å². The van der Waals surface area contributed by atoms with Gasteiger partial charge in [0.15, 0.2) is 0 Å². The quantitative estimate of drug-likeness (QED) is 0.513. The molecule has 0 saturated heterocycles. The lowest BCUT2D eigenvalue weighted by molar-refractivity contribution is 0.118. The summed E-state index contributed by atoms with van der Waals surface area (Å²) in [4.78, 5) is 12.1. The van der Waals surface area contributed by atoms with Crippen molar-refractivity contribution in [2.45, 2.75) is 46.1 Å². The highest BCUT2D eigenvalue weighted by Gasteiger charge is 2.27. The molecule has 1 aliphatic carbocycles. The summed E-state index contributed by atoms with van der Waals surface area (Å²) in [6.07, 6.45) is 3.07. The first-order valence-electron chi connectivity index (χ1n) is 10.8. The number of anilines is 2. The number of benzene rings is 2. The second-order valence-corrected chi connectivity index (χ2v) is 9.44. The summed E-state index contributed by atoms with van der Waals surface area (Å²) in [6.45, 7) is 6.43. The van der Waals surface area contributed by atoms with E-state index >= 15 is 0 Å². The summed E-state index contributed by atoms with van der Waals surface area (Å²) in [5.74, 6) is 0.824. The SMILES string of the molecule is COc1ccc2c(N)c(-c3ccc(NC(=O)OCC(C)(C)C)cc3)n(C3CCC3)c2c1. The number of fused-ring (bicyclic) bond motifs is 1. The number of hydrogen-bond donors (Lipinski definition) is 2. The fourth-order valence-corrected chi connectivity index (χ4v) is 3.91. The molecule has 1 fully saturated rings. The molecule has 3 aromatic rings. The third-order valence-electron chi connectivity index (χ3n) is 5.73. The Balaban J connectivity index is 1.64. The van der Waals surface area contributed by atoms with Crippen LogP contribution in [0.3, 0.4) is 0 Å². The van der Waals surface area contributed by atoms with E-state index in [4.69, 9.17) is 15.2 Å². The fourth-order valence-electron chi connectivity index (χ4n) is 3.91. The fraction of sp³-hybridized carbons (Fsp3) is 0.400. The highest BCUT2D eigenvalue weighted by Crippen LogP contribution is 2.44. The lowest BCUT2D eigenvalue weighted by Gasteiger charge is -2.30. The van der Waals surface area contributed by atoms with Crippen LogP contribution in [0.15, 0.2) is 42.5 Å². The molecule has 2 aromatic carbocycles. The molecule has 1 aliphatic rings. The molecular formula is C25H31N3O3. The predicted molar refractivity (Wildman–Crippen MR) is 126 cm³/mol. The maximum absolute atomic E-state index is 12.1. The Labute approximate surface area is 183 Å². The zero-order valence-electron chi connectivity index (χ0n) is 18.7. The molecule has 31 heavy (non-hydrogen) atoms. The number of nitrogens with two attached hydrogens (primary N) is 1. The van der Waals surface area contributed by atoms with Crippen LogP contribution in [-0.4, -0.2) is 24.4 Å². The van der Waals surface area contributed by atoms with Crippen molar-refractivity contribution >= 4 is 28.4 Å². The number of nitrogens with one attached hydrogen (secondary N) is 1. The van der Waals surface area contributed by atoms with Crippen molar-refractivity contribution in [2.75, 3.05) is 24.8 Å². The summed E-state index contributed by atoms with van der Waals surface area (Å²) < 4.78 is 13.1. The number of hydrogen-bond acceptors (Lipinski definition) is 4. The molecule has 1 aromatic heterocycles. The van der Waals surface area contributed by atoms with Gasteiger partial charge in [-0.1, -0.05) is 32.9 Å². The standard InChI is InChI=1S/C25H31N3O3/c1-25(2,3)15-31-24(29)27-17-10-8-16(9-11-17)23-22(26)20-13-12-19(30-4)14-21(20)28(23)18-6-5-7-18/h8-14,18H,5-7,15,26H2,1-4H3,(H,27,29). The molecule has 6 nitrogen and oxygen atoms in total. The Hall–Kier alpha value is -3.15. The third-order valence-corrected chi connectivity index (χ3v) is 5.73. The van der Waals surface area contributed by atoms with Gasteiger partial charge in [-0.25, -0.2) is 4.79 Å². The molecule has 1 saturated carbocycles. The van der Waals surface area contributed by atoms with E-state index in [1.807, 2.05) is 57.2 Å². The first-order valence-corrected chi connectivity index (χ1v) is 10.8. The van der Waals surface area contributed by atoms with E-state index in [0.717, 1.165) is 46.4 Å². The number of aromatic nitrogens is 1. The minimum Gasteiger partial charge on any atom is -0.497 e. The van der Waals surface area contributed by atoms with E-state index in [1.165, 1.54) is 6.42 Å². The van der Waals surface area contributed by atoms with E-state index < -0.39 is 6.09 Å². The largest absolute Gasteiger partial charge is 0.497 e. The van der Waals surface area contributed by atoms with Crippen LogP contribution in [0.2, 0.25) is 0 Å². The smallest absolute Gasteiger partial charge is 0.411 e. The molecule has 6 heteroatoms. The zero-order valence-corrected chi connectivity index (χ0v) is 18.7. The molecule has 0 radical (unpaired) electrons. The number of carbonyl (C=O) groups excluding carboxylic acids is 1. The number of nitrogen functional groups attached to an aromatic ring is 1. The molecule has 1 heterocycles. The summed E-state index contributed by atoms with van der Waals surface area (Å²) in [5.41, 5.74) is 11.2.